The second kappa shape index (κ2) is 10.4. The Morgan fingerprint density at radius 1 is 1.10 bits per heavy atom. The number of nitrogens with zero attached hydrogens (tertiary/aromatic N) is 5. The topological polar surface area (TPSA) is 131 Å². The minimum absolute atomic E-state index is 0.0220. The Labute approximate surface area is 232 Å². The van der Waals surface area contributed by atoms with Crippen LogP contribution in [-0.4, -0.2) is 55.7 Å². The number of imidazole rings is 1. The highest BCUT2D eigenvalue weighted by atomic mass is 16.2. The average Bonchev–Trinajstić information content (AvgIpc) is 3.54. The zero-order valence-electron chi connectivity index (χ0n) is 22.2. The molecule has 6 rings (SSSR count). The summed E-state index contributed by atoms with van der Waals surface area (Å²) < 4.78 is 1.95. The first-order valence-electron chi connectivity index (χ1n) is 13.4. The molecule has 1 unspecified atom stereocenters. The average molecular weight is 535 g/mol. The van der Waals surface area contributed by atoms with Crippen LogP contribution in [0.5, 0.6) is 0 Å². The van der Waals surface area contributed by atoms with E-state index in [1.807, 2.05) is 33.7 Å². The van der Waals surface area contributed by atoms with Crippen molar-refractivity contribution >= 4 is 29.0 Å². The van der Waals surface area contributed by atoms with Gasteiger partial charge < -0.3 is 21.3 Å². The van der Waals surface area contributed by atoms with Gasteiger partial charge in [0.05, 0.1) is 6.04 Å². The van der Waals surface area contributed by atoms with Crippen LogP contribution in [0.4, 0.5) is 11.6 Å². The fraction of sp³-hybridized carbons (Fsp3) is 0.300. The number of likely N-dealkylation sites (tertiary alicyclic amines) is 1. The van der Waals surface area contributed by atoms with Crippen molar-refractivity contribution in [3.63, 3.8) is 0 Å². The van der Waals surface area contributed by atoms with Crippen LogP contribution in [0, 0.1) is 17.3 Å². The Morgan fingerprint density at radius 2 is 1.90 bits per heavy atom. The molecule has 1 aromatic carbocycles. The number of fused-ring (bicyclic) bond motifs is 1. The van der Waals surface area contributed by atoms with Crippen molar-refractivity contribution in [2.45, 2.75) is 32.2 Å². The Balaban J connectivity index is 1.38. The quantitative estimate of drug-likeness (QED) is 0.343. The van der Waals surface area contributed by atoms with Crippen molar-refractivity contribution in [3.05, 3.63) is 72.4 Å². The third-order valence-electron chi connectivity index (χ3n) is 7.90. The molecule has 3 aromatic heterocycles. The summed E-state index contributed by atoms with van der Waals surface area (Å²) >= 11 is 0. The lowest BCUT2D eigenvalue weighted by molar-refractivity contribution is -0.126. The summed E-state index contributed by atoms with van der Waals surface area (Å²) in [6.45, 7) is 4.19. The summed E-state index contributed by atoms with van der Waals surface area (Å²) in [6, 6.07) is 12.3. The van der Waals surface area contributed by atoms with Crippen molar-refractivity contribution in [2.24, 2.45) is 5.41 Å². The molecule has 4 aromatic rings. The van der Waals surface area contributed by atoms with Gasteiger partial charge in [-0.15, -0.1) is 0 Å². The number of nitrogens with two attached hydrogens (primary N) is 1. The summed E-state index contributed by atoms with van der Waals surface area (Å²) in [7, 11) is 0. The number of rotatable bonds is 4. The second-order valence-electron chi connectivity index (χ2n) is 10.4. The Hall–Kier alpha value is -4.75. The number of piperidine rings is 1. The number of aromatic nitrogens is 4. The van der Waals surface area contributed by atoms with E-state index >= 15 is 0 Å². The van der Waals surface area contributed by atoms with Crippen molar-refractivity contribution in [1.82, 2.24) is 29.6 Å². The van der Waals surface area contributed by atoms with E-state index in [0.717, 1.165) is 43.7 Å². The van der Waals surface area contributed by atoms with Crippen LogP contribution in [0.3, 0.4) is 0 Å². The molecule has 10 heteroatoms. The molecule has 40 heavy (non-hydrogen) atoms. The molecule has 10 nitrogen and oxygen atoms in total. The van der Waals surface area contributed by atoms with Gasteiger partial charge in [-0.05, 0) is 74.9 Å². The molecule has 1 atom stereocenters. The number of amides is 2. The fourth-order valence-corrected chi connectivity index (χ4v) is 5.93. The molecule has 1 spiro atoms. The molecule has 0 aliphatic carbocycles. The van der Waals surface area contributed by atoms with E-state index in [-0.39, 0.29) is 23.3 Å². The maximum absolute atomic E-state index is 13.2. The number of pyridine rings is 1. The van der Waals surface area contributed by atoms with Gasteiger partial charge in [0.1, 0.15) is 28.7 Å². The first kappa shape index (κ1) is 25.5. The number of nitrogen functional groups attached to an aromatic ring is 1. The van der Waals surface area contributed by atoms with Gasteiger partial charge in [-0.2, -0.15) is 0 Å². The summed E-state index contributed by atoms with van der Waals surface area (Å²) in [5.74, 6) is 6.62. The molecule has 0 saturated carbocycles. The van der Waals surface area contributed by atoms with Crippen LogP contribution in [0.15, 0.2) is 61.1 Å². The predicted octanol–water partition coefficient (Wildman–Crippen LogP) is 3.29. The van der Waals surface area contributed by atoms with E-state index in [2.05, 4.69) is 32.4 Å². The molecule has 2 fully saturated rings. The third kappa shape index (κ3) is 4.65. The molecular formula is C30H30N8O2. The number of benzene rings is 1. The minimum atomic E-state index is -0.258. The molecule has 5 heterocycles. The molecule has 0 bridgehead atoms. The van der Waals surface area contributed by atoms with Crippen LogP contribution < -0.4 is 16.4 Å². The molecule has 4 N–H and O–H groups in total. The molecular weight excluding hydrogens is 504 g/mol. The van der Waals surface area contributed by atoms with E-state index in [9.17, 15) is 9.59 Å². The van der Waals surface area contributed by atoms with Gasteiger partial charge in [0.15, 0.2) is 0 Å². The number of nitrogens with one attached hydrogen (secondary N) is 2. The maximum Gasteiger partial charge on any atom is 0.299 e. The van der Waals surface area contributed by atoms with Crippen molar-refractivity contribution in [2.75, 3.05) is 30.7 Å². The Kier molecular flexibility index (Phi) is 6.66. The molecule has 2 aliphatic heterocycles. The van der Waals surface area contributed by atoms with Gasteiger partial charge in [0, 0.05) is 36.3 Å². The number of anilines is 2. The van der Waals surface area contributed by atoms with E-state index in [1.54, 1.807) is 43.6 Å². The predicted molar refractivity (Wildman–Crippen MR) is 152 cm³/mol. The Morgan fingerprint density at radius 3 is 2.62 bits per heavy atom. The van der Waals surface area contributed by atoms with Gasteiger partial charge in [-0.1, -0.05) is 24.1 Å². The highest BCUT2D eigenvalue weighted by Crippen LogP contribution is 2.48. The second-order valence-corrected chi connectivity index (χ2v) is 10.4. The molecule has 0 radical (unpaired) electrons. The van der Waals surface area contributed by atoms with Gasteiger partial charge >= 0.3 is 0 Å². The summed E-state index contributed by atoms with van der Waals surface area (Å²) in [5, 5.41) is 6.24. The van der Waals surface area contributed by atoms with Crippen molar-refractivity contribution < 1.29 is 9.59 Å². The highest BCUT2D eigenvalue weighted by molar-refractivity contribution is 6.04. The van der Waals surface area contributed by atoms with Crippen molar-refractivity contribution in [3.8, 4) is 23.1 Å². The van der Waals surface area contributed by atoms with Gasteiger partial charge in [-0.25, -0.2) is 15.0 Å². The lowest BCUT2D eigenvalue weighted by Crippen LogP contribution is -2.39. The van der Waals surface area contributed by atoms with Gasteiger partial charge in [0.25, 0.3) is 11.8 Å². The van der Waals surface area contributed by atoms with Crippen LogP contribution >= 0.6 is 0 Å². The summed E-state index contributed by atoms with van der Waals surface area (Å²) in [5.41, 5.74) is 9.02. The molecule has 2 saturated heterocycles. The van der Waals surface area contributed by atoms with E-state index in [1.165, 1.54) is 0 Å². The third-order valence-corrected chi connectivity index (χ3v) is 7.90. The smallest absolute Gasteiger partial charge is 0.299 e. The SMILES string of the molecule is CC#CC(=O)N1CC2(CCNCC2)CC1c1nc(-c2ccc(C(=O)Nc3ccccn3)cc2)c2c(N)nccn12. The summed E-state index contributed by atoms with van der Waals surface area (Å²) in [6.07, 6.45) is 7.91. The highest BCUT2D eigenvalue weighted by Gasteiger charge is 2.48. The number of carbonyl (C=O) groups is 2. The zero-order valence-corrected chi connectivity index (χ0v) is 22.2. The van der Waals surface area contributed by atoms with Crippen LogP contribution in [-0.2, 0) is 4.79 Å². The van der Waals surface area contributed by atoms with Gasteiger partial charge in [-0.3, -0.25) is 14.0 Å². The summed E-state index contributed by atoms with van der Waals surface area (Å²) in [4.78, 5) is 41.4. The van der Waals surface area contributed by atoms with E-state index in [0.29, 0.717) is 35.0 Å². The fourth-order valence-electron chi connectivity index (χ4n) is 5.93. The van der Waals surface area contributed by atoms with E-state index < -0.39 is 0 Å². The normalized spacial score (nSPS) is 17.9. The largest absolute Gasteiger partial charge is 0.382 e. The first-order valence-corrected chi connectivity index (χ1v) is 13.4. The van der Waals surface area contributed by atoms with Gasteiger partial charge in [0.2, 0.25) is 0 Å². The number of carbonyl (C=O) groups excluding carboxylic acids is 2. The van der Waals surface area contributed by atoms with Crippen molar-refractivity contribution in [1.29, 1.82) is 0 Å². The lowest BCUT2D eigenvalue weighted by atomic mass is 9.77. The number of hydrogen-bond donors (Lipinski definition) is 3. The number of hydrogen-bond acceptors (Lipinski definition) is 7. The van der Waals surface area contributed by atoms with Crippen LogP contribution in [0.1, 0.15) is 48.4 Å². The maximum atomic E-state index is 13.2. The van der Waals surface area contributed by atoms with Crippen LogP contribution in [0.25, 0.3) is 16.8 Å². The van der Waals surface area contributed by atoms with E-state index in [4.69, 9.17) is 10.7 Å². The molecule has 2 aliphatic rings. The minimum Gasteiger partial charge on any atom is -0.382 e. The van der Waals surface area contributed by atoms with Crippen LogP contribution in [0.2, 0.25) is 0 Å². The molecule has 202 valence electrons. The monoisotopic (exact) mass is 534 g/mol. The first-order chi connectivity index (χ1) is 19.5. The standard InChI is InChI=1S/C30H30N8O2/c1-2-5-24(39)38-19-30(11-14-32-15-12-30)18-22(38)28-36-25(26-27(31)34-16-17-37(26)28)20-7-9-21(10-8-20)29(40)35-23-6-3-4-13-33-23/h3-4,6-10,13,16-17,22,32H,11-12,14-15,18-19H2,1H3,(H2,31,34)(H,33,35,40). The lowest BCUT2D eigenvalue weighted by Gasteiger charge is -2.33. The zero-order chi connectivity index (χ0) is 27.7. The molecule has 2 amide bonds. The Bertz CT molecular complexity index is 1630.